The van der Waals surface area contributed by atoms with Crippen LogP contribution in [-0.2, 0) is 17.8 Å². The second kappa shape index (κ2) is 7.27. The van der Waals surface area contributed by atoms with Gasteiger partial charge in [0.25, 0.3) is 0 Å². The first-order chi connectivity index (χ1) is 11.8. The largest absolute Gasteiger partial charge is 0.375 e. The first-order valence-electron chi connectivity index (χ1n) is 8.65. The highest BCUT2D eigenvalue weighted by Gasteiger charge is 2.37. The van der Waals surface area contributed by atoms with Crippen molar-refractivity contribution in [1.82, 2.24) is 19.8 Å². The Hall–Kier alpha value is -1.34. The summed E-state index contributed by atoms with van der Waals surface area (Å²) in [6, 6.07) is 4.66. The number of pyridine rings is 1. The van der Waals surface area contributed by atoms with Crippen molar-refractivity contribution >= 4 is 11.3 Å². The lowest BCUT2D eigenvalue weighted by Gasteiger charge is -2.47. The number of fused-ring (bicyclic) bond motifs is 1. The summed E-state index contributed by atoms with van der Waals surface area (Å²) in [5.41, 5.74) is 4.42. The molecule has 6 heteroatoms. The zero-order valence-corrected chi connectivity index (χ0v) is 14.9. The number of piperidine rings is 1. The van der Waals surface area contributed by atoms with E-state index in [0.29, 0.717) is 12.1 Å². The third-order valence-electron chi connectivity index (χ3n) is 5.10. The first-order valence-corrected chi connectivity index (χ1v) is 9.53. The Balaban J connectivity index is 1.44. The van der Waals surface area contributed by atoms with Crippen LogP contribution in [0.2, 0.25) is 0 Å². The highest BCUT2D eigenvalue weighted by molar-refractivity contribution is 7.09. The van der Waals surface area contributed by atoms with E-state index in [1.165, 1.54) is 16.1 Å². The quantitative estimate of drug-likeness (QED) is 0.851. The molecule has 0 radical (unpaired) electrons. The fraction of sp³-hybridized carbons (Fsp3) is 0.556. The Bertz CT molecular complexity index is 662. The van der Waals surface area contributed by atoms with Crippen LogP contribution in [0.25, 0.3) is 0 Å². The van der Waals surface area contributed by atoms with Gasteiger partial charge in [0.05, 0.1) is 23.9 Å². The van der Waals surface area contributed by atoms with Gasteiger partial charge < -0.3 is 4.74 Å². The lowest BCUT2D eigenvalue weighted by atomic mass is 9.98. The summed E-state index contributed by atoms with van der Waals surface area (Å²) in [5.74, 6) is 0. The standard InChI is InChI=1S/C18H24N4OS/c1-14-18(24-13-20-14)12-21-6-4-17-16(11-21)22(7-8-23-17)10-15-3-2-5-19-9-15/h2-3,5,9,13,16-17H,4,6-8,10-12H2,1H3/t16-,17-/m1/s1. The van der Waals surface area contributed by atoms with Gasteiger partial charge in [0.2, 0.25) is 0 Å². The van der Waals surface area contributed by atoms with Crippen molar-refractivity contribution in [1.29, 1.82) is 0 Å². The van der Waals surface area contributed by atoms with E-state index >= 15 is 0 Å². The van der Waals surface area contributed by atoms with Gasteiger partial charge in [0.1, 0.15) is 0 Å². The van der Waals surface area contributed by atoms with Crippen molar-refractivity contribution in [3.05, 3.63) is 46.2 Å². The molecule has 0 amide bonds. The molecule has 4 rings (SSSR count). The summed E-state index contributed by atoms with van der Waals surface area (Å²) in [6.07, 6.45) is 5.30. The molecule has 0 bridgehead atoms. The smallest absolute Gasteiger partial charge is 0.0798 e. The molecule has 0 unspecified atom stereocenters. The number of likely N-dealkylation sites (tertiary alicyclic amines) is 1. The number of nitrogens with zero attached hydrogens (tertiary/aromatic N) is 4. The van der Waals surface area contributed by atoms with Gasteiger partial charge in [-0.25, -0.2) is 4.98 Å². The third kappa shape index (κ3) is 3.52. The molecule has 0 saturated carbocycles. The van der Waals surface area contributed by atoms with E-state index in [0.717, 1.165) is 45.8 Å². The molecule has 2 aliphatic heterocycles. The molecular weight excluding hydrogens is 320 g/mol. The maximum atomic E-state index is 6.06. The Labute approximate surface area is 147 Å². The molecule has 2 aliphatic rings. The van der Waals surface area contributed by atoms with Gasteiger partial charge in [-0.3, -0.25) is 14.8 Å². The number of hydrogen-bond donors (Lipinski definition) is 0. The highest BCUT2D eigenvalue weighted by Crippen LogP contribution is 2.26. The Morgan fingerprint density at radius 1 is 1.33 bits per heavy atom. The molecular formula is C18H24N4OS. The molecule has 0 aromatic carbocycles. The molecule has 4 heterocycles. The molecule has 24 heavy (non-hydrogen) atoms. The average molecular weight is 344 g/mol. The van der Waals surface area contributed by atoms with Gasteiger partial charge in [-0.2, -0.15) is 0 Å². The topological polar surface area (TPSA) is 41.5 Å². The van der Waals surface area contributed by atoms with Gasteiger partial charge in [-0.05, 0) is 25.0 Å². The van der Waals surface area contributed by atoms with E-state index in [-0.39, 0.29) is 0 Å². The van der Waals surface area contributed by atoms with Gasteiger partial charge >= 0.3 is 0 Å². The van der Waals surface area contributed by atoms with Crippen LogP contribution in [0.4, 0.5) is 0 Å². The normalized spacial score (nSPS) is 25.5. The summed E-state index contributed by atoms with van der Waals surface area (Å²) < 4.78 is 6.06. The van der Waals surface area contributed by atoms with Crippen LogP contribution in [0.3, 0.4) is 0 Å². The first kappa shape index (κ1) is 16.1. The molecule has 2 aromatic rings. The molecule has 2 atom stereocenters. The van der Waals surface area contributed by atoms with Crippen LogP contribution in [0.1, 0.15) is 22.6 Å². The minimum absolute atomic E-state index is 0.370. The maximum absolute atomic E-state index is 6.06. The Kier molecular flexibility index (Phi) is 4.89. The molecule has 0 aliphatic carbocycles. The Morgan fingerprint density at radius 2 is 2.29 bits per heavy atom. The number of thiazole rings is 1. The van der Waals surface area contributed by atoms with E-state index < -0.39 is 0 Å². The summed E-state index contributed by atoms with van der Waals surface area (Å²) in [5, 5.41) is 0. The van der Waals surface area contributed by atoms with Crippen LogP contribution >= 0.6 is 11.3 Å². The molecule has 5 nitrogen and oxygen atoms in total. The van der Waals surface area contributed by atoms with E-state index in [1.807, 2.05) is 24.0 Å². The fourth-order valence-corrected chi connectivity index (χ4v) is 4.57. The number of aryl methyl sites for hydroxylation is 1. The number of morpholine rings is 1. The van der Waals surface area contributed by atoms with Crippen LogP contribution in [-0.4, -0.2) is 58.2 Å². The van der Waals surface area contributed by atoms with E-state index in [4.69, 9.17) is 4.74 Å². The van der Waals surface area contributed by atoms with Crippen molar-refractivity contribution in [3.8, 4) is 0 Å². The second-order valence-electron chi connectivity index (χ2n) is 6.69. The van der Waals surface area contributed by atoms with Gasteiger partial charge in [0, 0.05) is 56.0 Å². The highest BCUT2D eigenvalue weighted by atomic mass is 32.1. The summed E-state index contributed by atoms with van der Waals surface area (Å²) in [7, 11) is 0. The van der Waals surface area contributed by atoms with Crippen molar-refractivity contribution in [3.63, 3.8) is 0 Å². The predicted octanol–water partition coefficient (Wildman–Crippen LogP) is 2.32. The molecule has 0 N–H and O–H groups in total. The minimum atomic E-state index is 0.370. The fourth-order valence-electron chi connectivity index (χ4n) is 3.75. The number of aromatic nitrogens is 2. The lowest BCUT2D eigenvalue weighted by molar-refractivity contribution is -0.107. The zero-order chi connectivity index (χ0) is 16.4. The van der Waals surface area contributed by atoms with Crippen molar-refractivity contribution in [2.75, 3.05) is 26.2 Å². The Morgan fingerprint density at radius 3 is 3.08 bits per heavy atom. The average Bonchev–Trinajstić information content (AvgIpc) is 3.01. The monoisotopic (exact) mass is 344 g/mol. The minimum Gasteiger partial charge on any atom is -0.375 e. The van der Waals surface area contributed by atoms with Gasteiger partial charge in [0.15, 0.2) is 0 Å². The number of rotatable bonds is 4. The van der Waals surface area contributed by atoms with Crippen LogP contribution in [0, 0.1) is 6.92 Å². The SMILES string of the molecule is Cc1ncsc1CN1CC[C@H]2OCCN(Cc3cccnc3)[C@@H]2C1. The maximum Gasteiger partial charge on any atom is 0.0798 e. The molecule has 2 aromatic heterocycles. The van der Waals surface area contributed by atoms with E-state index in [2.05, 4.69) is 32.8 Å². The van der Waals surface area contributed by atoms with Crippen molar-refractivity contribution in [2.45, 2.75) is 38.6 Å². The number of hydrogen-bond acceptors (Lipinski definition) is 6. The summed E-state index contributed by atoms with van der Waals surface area (Å²) in [4.78, 5) is 15.2. The van der Waals surface area contributed by atoms with Gasteiger partial charge in [-0.15, -0.1) is 11.3 Å². The van der Waals surface area contributed by atoms with Crippen LogP contribution in [0.15, 0.2) is 30.0 Å². The number of ether oxygens (including phenoxy) is 1. The second-order valence-corrected chi connectivity index (χ2v) is 7.63. The lowest BCUT2D eigenvalue weighted by Crippen LogP contribution is -2.59. The van der Waals surface area contributed by atoms with Gasteiger partial charge in [-0.1, -0.05) is 6.07 Å². The van der Waals surface area contributed by atoms with Crippen molar-refractivity contribution in [2.24, 2.45) is 0 Å². The van der Waals surface area contributed by atoms with Crippen LogP contribution in [0.5, 0.6) is 0 Å². The summed E-state index contributed by atoms with van der Waals surface area (Å²) in [6.45, 7) is 8.11. The van der Waals surface area contributed by atoms with Crippen LogP contribution < -0.4 is 0 Å². The van der Waals surface area contributed by atoms with E-state index in [1.54, 1.807) is 11.3 Å². The van der Waals surface area contributed by atoms with Crippen molar-refractivity contribution < 1.29 is 4.74 Å². The third-order valence-corrected chi connectivity index (χ3v) is 6.02. The van der Waals surface area contributed by atoms with E-state index in [9.17, 15) is 0 Å². The zero-order valence-electron chi connectivity index (χ0n) is 14.1. The predicted molar refractivity (Wildman–Crippen MR) is 94.9 cm³/mol. The molecule has 128 valence electrons. The summed E-state index contributed by atoms with van der Waals surface area (Å²) >= 11 is 1.77. The molecule has 2 saturated heterocycles. The molecule has 0 spiro atoms. The molecule has 2 fully saturated rings.